The fraction of sp³-hybridized carbons (Fsp3) is 0.333. The molecule has 1 aromatic carbocycles. The van der Waals surface area contributed by atoms with E-state index in [1.807, 2.05) is 6.07 Å². The van der Waals surface area contributed by atoms with Gasteiger partial charge in [0.2, 0.25) is 0 Å². The number of benzene rings is 1. The van der Waals surface area contributed by atoms with Crippen LogP contribution in [-0.4, -0.2) is 35.0 Å². The third kappa shape index (κ3) is 4.51. The van der Waals surface area contributed by atoms with E-state index < -0.39 is 25.0 Å². The molecule has 2 N–H and O–H groups in total. The highest BCUT2D eigenvalue weighted by Gasteiger charge is 2.32. The van der Waals surface area contributed by atoms with Gasteiger partial charge in [0.1, 0.15) is 18.7 Å². The van der Waals surface area contributed by atoms with Crippen LogP contribution in [0.3, 0.4) is 0 Å². The molecule has 0 saturated heterocycles. The minimum absolute atomic E-state index is 0.0644. The number of nitrogens with zero attached hydrogens (tertiary/aromatic N) is 2. The van der Waals surface area contributed by atoms with E-state index in [-0.39, 0.29) is 12.5 Å². The number of ether oxygens (including phenoxy) is 1. The average molecular weight is 407 g/mol. The summed E-state index contributed by atoms with van der Waals surface area (Å²) in [5, 5.41) is 21.5. The molecule has 2 heterocycles. The summed E-state index contributed by atoms with van der Waals surface area (Å²) in [6, 6.07) is 7.72. The summed E-state index contributed by atoms with van der Waals surface area (Å²) in [6.45, 7) is 5.58. The number of esters is 1. The molecule has 1 aromatic heterocycles. The van der Waals surface area contributed by atoms with Crippen molar-refractivity contribution in [2.75, 3.05) is 0 Å². The highest BCUT2D eigenvalue weighted by Crippen LogP contribution is 2.17. The maximum Gasteiger partial charge on any atom is 0.492 e. The van der Waals surface area contributed by atoms with Gasteiger partial charge in [-0.2, -0.15) is 5.26 Å². The number of hydrogen-bond donors (Lipinski definition) is 2. The summed E-state index contributed by atoms with van der Waals surface area (Å²) in [5.74, 6) is -1.22. The van der Waals surface area contributed by atoms with Crippen LogP contribution in [0.1, 0.15) is 46.6 Å². The van der Waals surface area contributed by atoms with Gasteiger partial charge in [-0.15, -0.1) is 0 Å². The van der Waals surface area contributed by atoms with E-state index >= 15 is 0 Å². The molecule has 3 rings (SSSR count). The van der Waals surface area contributed by atoms with Crippen molar-refractivity contribution < 1.29 is 24.0 Å². The number of nitrogens with one attached hydrogen (secondary N) is 1. The minimum atomic E-state index is -1.06. The standard InChI is InChI=1S/C21H22BN3O5/c1-12(2)19(21(27)29-11-16-6-4-14(8-23)9-24-16)25-20(26)17-7-5-15-10-30-22(28)18(15)13(17)3/h4-7,9,12,19,28H,10-11H2,1-3H3,(H,25,26)/t19-/m0/s1. The van der Waals surface area contributed by atoms with Crippen LogP contribution in [0.5, 0.6) is 0 Å². The van der Waals surface area contributed by atoms with Gasteiger partial charge in [-0.25, -0.2) is 4.79 Å². The van der Waals surface area contributed by atoms with Crippen molar-refractivity contribution in [3.05, 3.63) is 58.4 Å². The van der Waals surface area contributed by atoms with Gasteiger partial charge in [-0.1, -0.05) is 19.9 Å². The molecular weight excluding hydrogens is 385 g/mol. The molecule has 1 amide bonds. The van der Waals surface area contributed by atoms with Gasteiger partial charge >= 0.3 is 13.1 Å². The first kappa shape index (κ1) is 21.5. The second-order valence-corrected chi connectivity index (χ2v) is 7.43. The number of fused-ring (bicyclic) bond motifs is 1. The van der Waals surface area contributed by atoms with Gasteiger partial charge in [0.15, 0.2) is 0 Å². The van der Waals surface area contributed by atoms with Gasteiger partial charge in [0.25, 0.3) is 5.91 Å². The van der Waals surface area contributed by atoms with Crippen molar-refractivity contribution in [2.24, 2.45) is 5.92 Å². The topological polar surface area (TPSA) is 122 Å². The lowest BCUT2D eigenvalue weighted by Gasteiger charge is -2.21. The molecule has 0 saturated carbocycles. The summed E-state index contributed by atoms with van der Waals surface area (Å²) in [6.07, 6.45) is 1.40. The van der Waals surface area contributed by atoms with Crippen LogP contribution in [0.25, 0.3) is 0 Å². The Bertz CT molecular complexity index is 1000. The highest BCUT2D eigenvalue weighted by molar-refractivity contribution is 6.62. The van der Waals surface area contributed by atoms with Crippen LogP contribution < -0.4 is 10.8 Å². The smallest absolute Gasteiger partial charge is 0.458 e. The number of aromatic nitrogens is 1. The van der Waals surface area contributed by atoms with Crippen LogP contribution in [0.4, 0.5) is 0 Å². The van der Waals surface area contributed by atoms with E-state index in [9.17, 15) is 14.6 Å². The maximum atomic E-state index is 12.9. The van der Waals surface area contributed by atoms with Crippen molar-refractivity contribution in [1.29, 1.82) is 5.26 Å². The summed E-state index contributed by atoms with van der Waals surface area (Å²) in [5.41, 5.74) is 3.33. The van der Waals surface area contributed by atoms with E-state index in [1.165, 1.54) is 6.20 Å². The predicted molar refractivity (Wildman–Crippen MR) is 108 cm³/mol. The molecule has 0 unspecified atom stereocenters. The number of pyridine rings is 1. The first-order chi connectivity index (χ1) is 14.3. The molecule has 0 aliphatic carbocycles. The Morgan fingerprint density at radius 2 is 2.13 bits per heavy atom. The number of hydrogen-bond acceptors (Lipinski definition) is 7. The average Bonchev–Trinajstić information content (AvgIpc) is 3.12. The third-order valence-corrected chi connectivity index (χ3v) is 5.02. The van der Waals surface area contributed by atoms with E-state index in [2.05, 4.69) is 10.3 Å². The zero-order valence-corrected chi connectivity index (χ0v) is 17.0. The van der Waals surface area contributed by atoms with Crippen molar-refractivity contribution in [1.82, 2.24) is 10.3 Å². The Hall–Kier alpha value is -3.22. The molecule has 0 radical (unpaired) electrons. The van der Waals surface area contributed by atoms with Gasteiger partial charge in [0.05, 0.1) is 17.9 Å². The monoisotopic (exact) mass is 407 g/mol. The molecule has 1 aliphatic rings. The lowest BCUT2D eigenvalue weighted by molar-refractivity contribution is -0.148. The van der Waals surface area contributed by atoms with Crippen LogP contribution in [0.2, 0.25) is 0 Å². The summed E-state index contributed by atoms with van der Waals surface area (Å²) in [7, 11) is -1.06. The molecule has 8 nitrogen and oxygen atoms in total. The highest BCUT2D eigenvalue weighted by atomic mass is 16.5. The van der Waals surface area contributed by atoms with Crippen molar-refractivity contribution in [3.8, 4) is 6.07 Å². The second-order valence-electron chi connectivity index (χ2n) is 7.43. The van der Waals surface area contributed by atoms with Crippen LogP contribution in [0, 0.1) is 24.2 Å². The van der Waals surface area contributed by atoms with E-state index in [1.54, 1.807) is 45.0 Å². The number of carbonyl (C=O) groups is 2. The summed E-state index contributed by atoms with van der Waals surface area (Å²) in [4.78, 5) is 29.5. The third-order valence-electron chi connectivity index (χ3n) is 5.02. The molecule has 9 heteroatoms. The lowest BCUT2D eigenvalue weighted by atomic mass is 9.75. The van der Waals surface area contributed by atoms with E-state index in [0.29, 0.717) is 34.5 Å². The van der Waals surface area contributed by atoms with Crippen LogP contribution >= 0.6 is 0 Å². The van der Waals surface area contributed by atoms with Gasteiger partial charge in [0, 0.05) is 11.8 Å². The fourth-order valence-electron chi connectivity index (χ4n) is 3.28. The largest absolute Gasteiger partial charge is 0.492 e. The molecule has 0 bridgehead atoms. The number of amides is 1. The van der Waals surface area contributed by atoms with Crippen molar-refractivity contribution in [3.63, 3.8) is 0 Å². The number of carbonyl (C=O) groups excluding carboxylic acids is 2. The van der Waals surface area contributed by atoms with Crippen molar-refractivity contribution >= 4 is 24.5 Å². The fourth-order valence-corrected chi connectivity index (χ4v) is 3.28. The Morgan fingerprint density at radius 3 is 2.77 bits per heavy atom. The van der Waals surface area contributed by atoms with Crippen LogP contribution in [-0.2, 0) is 27.4 Å². The molecule has 2 aromatic rings. The number of nitriles is 1. The zero-order valence-electron chi connectivity index (χ0n) is 17.0. The first-order valence-electron chi connectivity index (χ1n) is 9.56. The predicted octanol–water partition coefficient (Wildman–Crippen LogP) is 0.977. The molecule has 154 valence electrons. The summed E-state index contributed by atoms with van der Waals surface area (Å²) < 4.78 is 10.5. The first-order valence-corrected chi connectivity index (χ1v) is 9.56. The lowest BCUT2D eigenvalue weighted by Crippen LogP contribution is -2.46. The van der Waals surface area contributed by atoms with Gasteiger partial charge in [-0.05, 0) is 47.6 Å². The molecule has 1 aliphatic heterocycles. The molecule has 30 heavy (non-hydrogen) atoms. The quantitative estimate of drug-likeness (QED) is 0.541. The van der Waals surface area contributed by atoms with E-state index in [4.69, 9.17) is 14.7 Å². The Labute approximate surface area is 175 Å². The van der Waals surface area contributed by atoms with Gasteiger partial charge in [-0.3, -0.25) is 9.78 Å². The molecule has 0 fully saturated rings. The van der Waals surface area contributed by atoms with E-state index in [0.717, 1.165) is 5.56 Å². The Balaban J connectivity index is 1.69. The maximum absolute atomic E-state index is 12.9. The zero-order chi connectivity index (χ0) is 21.8. The van der Waals surface area contributed by atoms with Crippen molar-refractivity contribution in [2.45, 2.75) is 40.0 Å². The normalized spacial score (nSPS) is 13.5. The SMILES string of the molecule is Cc1c(C(=O)N[C@H](C(=O)OCc2ccc(C#N)cn2)C(C)C)ccc2c1B(O)OC2. The van der Waals surface area contributed by atoms with Gasteiger partial charge < -0.3 is 19.7 Å². The summed E-state index contributed by atoms with van der Waals surface area (Å²) >= 11 is 0. The second kappa shape index (κ2) is 9.07. The Kier molecular flexibility index (Phi) is 6.50. The Morgan fingerprint density at radius 1 is 1.37 bits per heavy atom. The molecule has 0 spiro atoms. The molecular formula is C21H22BN3O5. The molecule has 1 atom stereocenters. The van der Waals surface area contributed by atoms with Crippen LogP contribution in [0.15, 0.2) is 30.5 Å². The minimum Gasteiger partial charge on any atom is -0.458 e. The number of rotatable bonds is 6.